The Hall–Kier alpha value is -0.910. The monoisotopic (exact) mass is 278 g/mol. The van der Waals surface area contributed by atoms with Crippen LogP contribution in [0.1, 0.15) is 44.4 Å². The molecule has 3 aliphatic rings. The molecule has 1 unspecified atom stereocenters. The van der Waals surface area contributed by atoms with Crippen LogP contribution >= 0.6 is 0 Å². The third-order valence-electron chi connectivity index (χ3n) is 5.32. The third-order valence-corrected chi connectivity index (χ3v) is 5.32. The fourth-order valence-electron chi connectivity index (χ4n) is 4.42. The van der Waals surface area contributed by atoms with Gasteiger partial charge in [-0.25, -0.2) is 0 Å². The standard InChI is InChI=1S/C15H22N2O3/c1-13(2)10-14(4-5-15(13)18-6-7-19-15)12-11(9-20-14)8-16-17(12)3/h8H,4-7,9-10H2,1-3H3. The van der Waals surface area contributed by atoms with Gasteiger partial charge in [-0.15, -0.1) is 0 Å². The summed E-state index contributed by atoms with van der Waals surface area (Å²) in [6.45, 7) is 6.55. The molecule has 1 saturated heterocycles. The number of hydrogen-bond donors (Lipinski definition) is 0. The number of fused-ring (bicyclic) bond motifs is 2. The lowest BCUT2D eigenvalue weighted by molar-refractivity contribution is -0.277. The minimum absolute atomic E-state index is 0.0758. The average Bonchev–Trinajstić information content (AvgIpc) is 3.06. The Morgan fingerprint density at radius 2 is 1.90 bits per heavy atom. The molecule has 0 N–H and O–H groups in total. The van der Waals surface area contributed by atoms with Crippen LogP contribution in [0.4, 0.5) is 0 Å². The summed E-state index contributed by atoms with van der Waals surface area (Å²) in [5, 5.41) is 4.40. The average molecular weight is 278 g/mol. The van der Waals surface area contributed by atoms with E-state index in [2.05, 4.69) is 18.9 Å². The number of nitrogens with zero attached hydrogens (tertiary/aromatic N) is 2. The fraction of sp³-hybridized carbons (Fsp3) is 0.800. The van der Waals surface area contributed by atoms with Gasteiger partial charge in [0, 0.05) is 24.4 Å². The van der Waals surface area contributed by atoms with Crippen molar-refractivity contribution in [1.82, 2.24) is 9.78 Å². The Balaban J connectivity index is 1.73. The molecule has 0 radical (unpaired) electrons. The SMILES string of the molecule is Cn1ncc2c1C1(CCC3(OCCO3)C(C)(C)C1)OC2. The first-order valence-electron chi connectivity index (χ1n) is 7.41. The summed E-state index contributed by atoms with van der Waals surface area (Å²) in [5.74, 6) is -0.428. The molecule has 2 fully saturated rings. The summed E-state index contributed by atoms with van der Waals surface area (Å²) in [7, 11) is 2.01. The Labute approximate surface area is 119 Å². The van der Waals surface area contributed by atoms with Gasteiger partial charge in [-0.1, -0.05) is 13.8 Å². The van der Waals surface area contributed by atoms with Gasteiger partial charge in [0.2, 0.25) is 0 Å². The van der Waals surface area contributed by atoms with Crippen molar-refractivity contribution < 1.29 is 14.2 Å². The van der Waals surface area contributed by atoms with Crippen LogP contribution in [0.3, 0.4) is 0 Å². The summed E-state index contributed by atoms with van der Waals surface area (Å²) >= 11 is 0. The molecule has 1 saturated carbocycles. The molecular weight excluding hydrogens is 256 g/mol. The number of rotatable bonds is 0. The van der Waals surface area contributed by atoms with Crippen molar-refractivity contribution in [3.05, 3.63) is 17.5 Å². The van der Waals surface area contributed by atoms with E-state index in [1.165, 1.54) is 11.3 Å². The molecular formula is C15H22N2O3. The Bertz CT molecular complexity index is 545. The van der Waals surface area contributed by atoms with E-state index in [0.717, 1.165) is 19.3 Å². The number of aromatic nitrogens is 2. The molecule has 1 aromatic rings. The summed E-state index contributed by atoms with van der Waals surface area (Å²) in [6.07, 6.45) is 4.66. The van der Waals surface area contributed by atoms with Gasteiger partial charge >= 0.3 is 0 Å². The molecule has 2 spiro atoms. The summed E-state index contributed by atoms with van der Waals surface area (Å²) in [5.41, 5.74) is 2.18. The highest BCUT2D eigenvalue weighted by atomic mass is 16.7. The maximum atomic E-state index is 6.24. The van der Waals surface area contributed by atoms with Gasteiger partial charge in [-0.05, 0) is 12.8 Å². The zero-order valence-electron chi connectivity index (χ0n) is 12.4. The first kappa shape index (κ1) is 12.8. The second kappa shape index (κ2) is 3.84. The summed E-state index contributed by atoms with van der Waals surface area (Å²) in [6, 6.07) is 0. The van der Waals surface area contributed by atoms with E-state index in [-0.39, 0.29) is 11.0 Å². The van der Waals surface area contributed by atoms with E-state index < -0.39 is 5.79 Å². The molecule has 2 aliphatic heterocycles. The van der Waals surface area contributed by atoms with Crippen molar-refractivity contribution >= 4 is 0 Å². The molecule has 1 aromatic heterocycles. The topological polar surface area (TPSA) is 45.5 Å². The molecule has 0 aromatic carbocycles. The predicted molar refractivity (Wildman–Crippen MR) is 71.9 cm³/mol. The van der Waals surface area contributed by atoms with Crippen LogP contribution in [0.15, 0.2) is 6.20 Å². The lowest BCUT2D eigenvalue weighted by atomic mass is 9.64. The van der Waals surface area contributed by atoms with Crippen LogP contribution in [0.25, 0.3) is 0 Å². The molecule has 1 atom stereocenters. The van der Waals surface area contributed by atoms with Gasteiger partial charge < -0.3 is 14.2 Å². The maximum absolute atomic E-state index is 6.24. The molecule has 20 heavy (non-hydrogen) atoms. The van der Waals surface area contributed by atoms with Crippen LogP contribution in [-0.4, -0.2) is 28.8 Å². The van der Waals surface area contributed by atoms with Gasteiger partial charge in [0.05, 0.1) is 31.7 Å². The van der Waals surface area contributed by atoms with Crippen LogP contribution in [0.5, 0.6) is 0 Å². The Kier molecular flexibility index (Phi) is 2.46. The van der Waals surface area contributed by atoms with Crippen molar-refractivity contribution in [3.8, 4) is 0 Å². The van der Waals surface area contributed by atoms with E-state index in [9.17, 15) is 0 Å². The van der Waals surface area contributed by atoms with Crippen molar-refractivity contribution in [3.63, 3.8) is 0 Å². The lowest BCUT2D eigenvalue weighted by Gasteiger charge is -2.51. The van der Waals surface area contributed by atoms with E-state index in [0.29, 0.717) is 19.8 Å². The van der Waals surface area contributed by atoms with E-state index in [1.54, 1.807) is 0 Å². The van der Waals surface area contributed by atoms with Gasteiger partial charge in [-0.2, -0.15) is 5.10 Å². The van der Waals surface area contributed by atoms with Crippen molar-refractivity contribution in [1.29, 1.82) is 0 Å². The minimum atomic E-state index is -0.428. The first-order valence-corrected chi connectivity index (χ1v) is 7.41. The number of ether oxygens (including phenoxy) is 3. The lowest BCUT2D eigenvalue weighted by Crippen LogP contribution is -2.54. The van der Waals surface area contributed by atoms with E-state index in [1.807, 2.05) is 17.9 Å². The van der Waals surface area contributed by atoms with Crippen molar-refractivity contribution in [2.75, 3.05) is 13.2 Å². The molecule has 3 heterocycles. The fourth-order valence-corrected chi connectivity index (χ4v) is 4.42. The van der Waals surface area contributed by atoms with E-state index >= 15 is 0 Å². The van der Waals surface area contributed by atoms with Crippen molar-refractivity contribution in [2.24, 2.45) is 12.5 Å². The zero-order valence-corrected chi connectivity index (χ0v) is 12.4. The Morgan fingerprint density at radius 3 is 2.60 bits per heavy atom. The van der Waals surface area contributed by atoms with Crippen LogP contribution < -0.4 is 0 Å². The van der Waals surface area contributed by atoms with Crippen LogP contribution in [0.2, 0.25) is 0 Å². The first-order chi connectivity index (χ1) is 9.48. The highest BCUT2D eigenvalue weighted by Gasteiger charge is 2.60. The normalized spacial score (nSPS) is 34.0. The highest BCUT2D eigenvalue weighted by molar-refractivity contribution is 5.30. The maximum Gasteiger partial charge on any atom is 0.173 e. The molecule has 110 valence electrons. The van der Waals surface area contributed by atoms with E-state index in [4.69, 9.17) is 14.2 Å². The summed E-state index contributed by atoms with van der Waals surface area (Å²) in [4.78, 5) is 0. The predicted octanol–water partition coefficient (Wildman–Crippen LogP) is 2.10. The number of aryl methyl sites for hydroxylation is 1. The van der Waals surface area contributed by atoms with Gasteiger partial charge in [0.15, 0.2) is 5.79 Å². The smallest absolute Gasteiger partial charge is 0.173 e. The third kappa shape index (κ3) is 1.46. The number of hydrogen-bond acceptors (Lipinski definition) is 4. The van der Waals surface area contributed by atoms with Gasteiger partial charge in [0.25, 0.3) is 0 Å². The van der Waals surface area contributed by atoms with Crippen molar-refractivity contribution in [2.45, 2.75) is 51.1 Å². The quantitative estimate of drug-likeness (QED) is 0.729. The largest absolute Gasteiger partial charge is 0.364 e. The summed E-state index contributed by atoms with van der Waals surface area (Å²) < 4.78 is 20.2. The van der Waals surface area contributed by atoms with Crippen LogP contribution in [0, 0.1) is 5.41 Å². The van der Waals surface area contributed by atoms with Gasteiger partial charge in [-0.3, -0.25) is 4.68 Å². The van der Waals surface area contributed by atoms with Crippen LogP contribution in [-0.2, 0) is 33.5 Å². The molecule has 0 amide bonds. The molecule has 5 nitrogen and oxygen atoms in total. The Morgan fingerprint density at radius 1 is 1.15 bits per heavy atom. The molecule has 4 rings (SSSR count). The molecule has 5 heteroatoms. The van der Waals surface area contributed by atoms with Gasteiger partial charge in [0.1, 0.15) is 5.60 Å². The molecule has 0 bridgehead atoms. The minimum Gasteiger partial charge on any atom is -0.364 e. The second-order valence-electron chi connectivity index (χ2n) is 6.94. The zero-order chi connectivity index (χ0) is 14.0. The highest BCUT2D eigenvalue weighted by Crippen LogP contribution is 2.58. The second-order valence-corrected chi connectivity index (χ2v) is 6.94. The molecule has 1 aliphatic carbocycles.